The zero-order valence-corrected chi connectivity index (χ0v) is 19.3. The second-order valence-electron chi connectivity index (χ2n) is 8.85. The Kier molecular flexibility index (Phi) is 6.53. The third kappa shape index (κ3) is 4.94. The molecule has 0 radical (unpaired) electrons. The summed E-state index contributed by atoms with van der Waals surface area (Å²) in [7, 11) is 0. The number of aromatic amines is 1. The molecule has 5 rings (SSSR count). The SMILES string of the molecule is Cc1ccc(C(=O)N2CCOC[C@H](Cc3cccc4[nH]ncc34)C2)cc1NCc1ccccn1. The number of aromatic nitrogens is 3. The summed E-state index contributed by atoms with van der Waals surface area (Å²) in [4.78, 5) is 19.8. The Balaban J connectivity index is 1.29. The number of ether oxygens (including phenoxy) is 1. The van der Waals surface area contributed by atoms with Crippen LogP contribution in [0.1, 0.15) is 27.2 Å². The van der Waals surface area contributed by atoms with E-state index in [4.69, 9.17) is 4.74 Å². The fraction of sp³-hybridized carbons (Fsp3) is 0.296. The first kappa shape index (κ1) is 22.1. The van der Waals surface area contributed by atoms with E-state index < -0.39 is 0 Å². The van der Waals surface area contributed by atoms with Crippen LogP contribution in [0.5, 0.6) is 0 Å². The van der Waals surface area contributed by atoms with Gasteiger partial charge in [-0.2, -0.15) is 5.10 Å². The fourth-order valence-electron chi connectivity index (χ4n) is 4.52. The Morgan fingerprint density at radius 2 is 2.15 bits per heavy atom. The molecule has 3 heterocycles. The molecule has 2 N–H and O–H groups in total. The van der Waals surface area contributed by atoms with Gasteiger partial charge in [-0.1, -0.05) is 24.3 Å². The molecule has 4 aromatic rings. The average Bonchev–Trinajstić information content (AvgIpc) is 3.24. The van der Waals surface area contributed by atoms with E-state index in [2.05, 4.69) is 26.6 Å². The van der Waals surface area contributed by atoms with Gasteiger partial charge >= 0.3 is 0 Å². The van der Waals surface area contributed by atoms with Crippen LogP contribution in [-0.4, -0.2) is 52.3 Å². The summed E-state index contributed by atoms with van der Waals surface area (Å²) in [5, 5.41) is 11.8. The molecule has 1 amide bonds. The van der Waals surface area contributed by atoms with Crippen molar-refractivity contribution in [3.8, 4) is 0 Å². The molecule has 1 fully saturated rings. The van der Waals surface area contributed by atoms with Gasteiger partial charge in [-0.3, -0.25) is 14.9 Å². The number of aryl methyl sites for hydroxylation is 1. The molecule has 7 nitrogen and oxygen atoms in total. The molecule has 174 valence electrons. The maximum atomic E-state index is 13.5. The van der Waals surface area contributed by atoms with Crippen molar-refractivity contribution in [2.75, 3.05) is 31.6 Å². The molecular weight excluding hydrogens is 426 g/mol. The third-order valence-electron chi connectivity index (χ3n) is 6.38. The zero-order chi connectivity index (χ0) is 23.3. The highest BCUT2D eigenvalue weighted by molar-refractivity contribution is 5.95. The van der Waals surface area contributed by atoms with Crippen LogP contribution in [0.2, 0.25) is 0 Å². The number of anilines is 1. The molecule has 0 bridgehead atoms. The van der Waals surface area contributed by atoms with Gasteiger partial charge in [-0.05, 0) is 54.8 Å². The van der Waals surface area contributed by atoms with E-state index in [1.807, 2.05) is 66.6 Å². The predicted octanol–water partition coefficient (Wildman–Crippen LogP) is 4.21. The van der Waals surface area contributed by atoms with Crippen molar-refractivity contribution in [1.29, 1.82) is 0 Å². The van der Waals surface area contributed by atoms with E-state index >= 15 is 0 Å². The molecule has 2 aromatic heterocycles. The van der Waals surface area contributed by atoms with Gasteiger partial charge < -0.3 is 15.0 Å². The Bertz CT molecular complexity index is 1270. The van der Waals surface area contributed by atoms with Crippen molar-refractivity contribution in [3.05, 3.63) is 89.4 Å². The number of hydrogen-bond acceptors (Lipinski definition) is 5. The lowest BCUT2D eigenvalue weighted by atomic mass is 9.97. The van der Waals surface area contributed by atoms with Crippen LogP contribution in [0.3, 0.4) is 0 Å². The standard InChI is InChI=1S/C27H29N5O2/c1-19-8-9-22(14-26(19)29-15-23-6-2-3-10-28-23)27(33)32-11-12-34-18-20(17-32)13-21-5-4-7-25-24(21)16-30-31-25/h2-10,14,16,20,29H,11-13,15,17-18H2,1H3,(H,30,31)/t20-/m1/s1. The molecule has 0 spiro atoms. The summed E-state index contributed by atoms with van der Waals surface area (Å²) in [6.07, 6.45) is 4.50. The fourth-order valence-corrected chi connectivity index (χ4v) is 4.52. The van der Waals surface area contributed by atoms with Gasteiger partial charge in [0.25, 0.3) is 5.91 Å². The van der Waals surface area contributed by atoms with Crippen LogP contribution in [0, 0.1) is 12.8 Å². The lowest BCUT2D eigenvalue weighted by Gasteiger charge is -2.24. The van der Waals surface area contributed by atoms with E-state index in [1.165, 1.54) is 5.56 Å². The van der Waals surface area contributed by atoms with E-state index in [0.717, 1.165) is 34.3 Å². The van der Waals surface area contributed by atoms with Crippen LogP contribution >= 0.6 is 0 Å². The normalized spacial score (nSPS) is 16.4. The van der Waals surface area contributed by atoms with Crippen molar-refractivity contribution < 1.29 is 9.53 Å². The van der Waals surface area contributed by atoms with Gasteiger partial charge in [0.1, 0.15) is 0 Å². The maximum absolute atomic E-state index is 13.5. The topological polar surface area (TPSA) is 83.1 Å². The number of carbonyl (C=O) groups is 1. The second kappa shape index (κ2) is 10.1. The monoisotopic (exact) mass is 455 g/mol. The number of rotatable bonds is 6. The molecule has 7 heteroatoms. The zero-order valence-electron chi connectivity index (χ0n) is 19.3. The predicted molar refractivity (Wildman–Crippen MR) is 133 cm³/mol. The van der Waals surface area contributed by atoms with E-state index in [1.54, 1.807) is 6.20 Å². The van der Waals surface area contributed by atoms with Gasteiger partial charge in [0, 0.05) is 41.8 Å². The summed E-state index contributed by atoms with van der Waals surface area (Å²) in [6.45, 7) is 5.10. The number of fused-ring (bicyclic) bond motifs is 1. The largest absolute Gasteiger partial charge is 0.379 e. The van der Waals surface area contributed by atoms with Gasteiger partial charge in [0.2, 0.25) is 0 Å². The highest BCUT2D eigenvalue weighted by atomic mass is 16.5. The summed E-state index contributed by atoms with van der Waals surface area (Å²) in [6, 6.07) is 17.9. The van der Waals surface area contributed by atoms with E-state index in [0.29, 0.717) is 38.4 Å². The summed E-state index contributed by atoms with van der Waals surface area (Å²) >= 11 is 0. The number of nitrogens with one attached hydrogen (secondary N) is 2. The van der Waals surface area contributed by atoms with Crippen molar-refractivity contribution in [3.63, 3.8) is 0 Å². The van der Waals surface area contributed by atoms with E-state index in [9.17, 15) is 4.79 Å². The van der Waals surface area contributed by atoms with Crippen molar-refractivity contribution >= 4 is 22.5 Å². The van der Waals surface area contributed by atoms with Crippen molar-refractivity contribution in [2.45, 2.75) is 19.9 Å². The molecule has 0 aliphatic carbocycles. The van der Waals surface area contributed by atoms with Gasteiger partial charge in [-0.25, -0.2) is 0 Å². The average molecular weight is 456 g/mol. The lowest BCUT2D eigenvalue weighted by Crippen LogP contribution is -2.36. The first-order valence-electron chi connectivity index (χ1n) is 11.7. The second-order valence-corrected chi connectivity index (χ2v) is 8.85. The Morgan fingerprint density at radius 3 is 3.03 bits per heavy atom. The number of benzene rings is 2. The summed E-state index contributed by atoms with van der Waals surface area (Å²) < 4.78 is 5.88. The molecule has 0 unspecified atom stereocenters. The Hall–Kier alpha value is -3.71. The molecule has 34 heavy (non-hydrogen) atoms. The smallest absolute Gasteiger partial charge is 0.254 e. The van der Waals surface area contributed by atoms with E-state index in [-0.39, 0.29) is 11.8 Å². The number of pyridine rings is 1. The van der Waals surface area contributed by atoms with Crippen LogP contribution in [-0.2, 0) is 17.7 Å². The molecule has 1 saturated heterocycles. The molecule has 1 aliphatic heterocycles. The molecule has 1 atom stereocenters. The molecule has 2 aromatic carbocycles. The number of amides is 1. The maximum Gasteiger partial charge on any atom is 0.254 e. The van der Waals surface area contributed by atoms with Crippen LogP contribution < -0.4 is 5.32 Å². The Labute approximate surface area is 199 Å². The van der Waals surface area contributed by atoms with Crippen LogP contribution in [0.4, 0.5) is 5.69 Å². The number of carbonyl (C=O) groups excluding carboxylic acids is 1. The van der Waals surface area contributed by atoms with Crippen LogP contribution in [0.25, 0.3) is 10.9 Å². The molecular formula is C27H29N5O2. The van der Waals surface area contributed by atoms with Crippen molar-refractivity contribution in [2.24, 2.45) is 5.92 Å². The summed E-state index contributed by atoms with van der Waals surface area (Å²) in [5.41, 5.74) is 5.95. The quantitative estimate of drug-likeness (QED) is 0.455. The van der Waals surface area contributed by atoms with Crippen LogP contribution in [0.15, 0.2) is 67.0 Å². The van der Waals surface area contributed by atoms with Gasteiger partial charge in [0.15, 0.2) is 0 Å². The first-order chi connectivity index (χ1) is 16.7. The van der Waals surface area contributed by atoms with Crippen molar-refractivity contribution in [1.82, 2.24) is 20.1 Å². The minimum Gasteiger partial charge on any atom is -0.379 e. The molecule has 1 aliphatic rings. The highest BCUT2D eigenvalue weighted by Gasteiger charge is 2.24. The lowest BCUT2D eigenvalue weighted by molar-refractivity contribution is 0.0737. The number of H-pyrrole nitrogens is 1. The number of hydrogen-bond donors (Lipinski definition) is 2. The third-order valence-corrected chi connectivity index (χ3v) is 6.38. The minimum atomic E-state index is 0.0397. The number of nitrogens with zero attached hydrogens (tertiary/aromatic N) is 3. The van der Waals surface area contributed by atoms with Gasteiger partial charge in [0.05, 0.1) is 37.2 Å². The van der Waals surface area contributed by atoms with Gasteiger partial charge in [-0.15, -0.1) is 0 Å². The first-order valence-corrected chi connectivity index (χ1v) is 11.7. The Morgan fingerprint density at radius 1 is 1.21 bits per heavy atom. The summed E-state index contributed by atoms with van der Waals surface area (Å²) in [5.74, 6) is 0.261. The minimum absolute atomic E-state index is 0.0397. The highest BCUT2D eigenvalue weighted by Crippen LogP contribution is 2.23. The molecule has 0 saturated carbocycles.